The number of piperidine rings is 1. The van der Waals surface area contributed by atoms with Gasteiger partial charge in [0.2, 0.25) is 5.91 Å². The lowest BCUT2D eigenvalue weighted by molar-refractivity contribution is -0.154. The fourth-order valence-corrected chi connectivity index (χ4v) is 6.59. The molecular weight excluding hydrogens is 676 g/mol. The minimum absolute atomic E-state index is 0.124. The highest BCUT2D eigenvalue weighted by molar-refractivity contribution is 6.31. The molecule has 268 valence electrons. The molecule has 0 bridgehead atoms. The molecule has 2 saturated heterocycles. The number of likely N-dealkylation sites (tertiary alicyclic amines) is 1. The number of hydrogen-bond acceptors (Lipinski definition) is 11. The van der Waals surface area contributed by atoms with Gasteiger partial charge in [-0.3, -0.25) is 19.2 Å². The third-order valence-electron chi connectivity index (χ3n) is 9.46. The highest BCUT2D eigenvalue weighted by atomic mass is 35.5. The Morgan fingerprint density at radius 3 is 2.52 bits per heavy atom. The second-order valence-corrected chi connectivity index (χ2v) is 13.2. The van der Waals surface area contributed by atoms with Crippen molar-refractivity contribution in [1.29, 1.82) is 0 Å². The average Bonchev–Trinajstić information content (AvgIpc) is 3.72. The molecule has 2 N–H and O–H groups in total. The molecule has 1 unspecified atom stereocenters. The van der Waals surface area contributed by atoms with Crippen LogP contribution in [0.1, 0.15) is 31.6 Å². The number of benzene rings is 1. The molecule has 1 atom stereocenters. The molecule has 5 heterocycles. The van der Waals surface area contributed by atoms with E-state index in [1.807, 2.05) is 6.92 Å². The Morgan fingerprint density at radius 1 is 1.10 bits per heavy atom. The molecule has 0 aliphatic carbocycles. The van der Waals surface area contributed by atoms with E-state index >= 15 is 0 Å². The van der Waals surface area contributed by atoms with Crippen molar-refractivity contribution in [2.45, 2.75) is 39.1 Å². The standard InChI is InChI=1S/C33H40ClF2N9O5/c1-33(31(48)49-2)6-10-41(11-7-33)12-13-42-14-16-43(17-15-42)27(46)21-44-20-25(39-30(47)24-19-38-45-9-3-8-37-29(24)45)28(40-44)23-18-22(34)4-5-26(23)50-32(35)36/h3-5,8-9,18-20,30,32,39,47H,6-7,10-17,21H2,1-2H3. The molecule has 2 fully saturated rings. The van der Waals surface area contributed by atoms with Crippen LogP contribution in [0.25, 0.3) is 16.9 Å². The number of carbonyl (C=O) groups excluding carboxylic acids is 2. The zero-order valence-electron chi connectivity index (χ0n) is 27.8. The van der Waals surface area contributed by atoms with Gasteiger partial charge in [0.05, 0.1) is 30.0 Å². The van der Waals surface area contributed by atoms with E-state index < -0.39 is 18.3 Å². The van der Waals surface area contributed by atoms with Crippen LogP contribution in [0.2, 0.25) is 5.02 Å². The number of piperazine rings is 1. The van der Waals surface area contributed by atoms with Gasteiger partial charge in [-0.15, -0.1) is 0 Å². The number of nitrogens with zero attached hydrogens (tertiary/aromatic N) is 8. The Bertz CT molecular complexity index is 1800. The van der Waals surface area contributed by atoms with Gasteiger partial charge in [0, 0.05) is 68.4 Å². The van der Waals surface area contributed by atoms with Crippen molar-refractivity contribution in [3.63, 3.8) is 0 Å². The molecule has 0 spiro atoms. The smallest absolute Gasteiger partial charge is 0.387 e. The van der Waals surface area contributed by atoms with E-state index in [0.29, 0.717) is 37.4 Å². The summed E-state index contributed by atoms with van der Waals surface area (Å²) < 4.78 is 39.4. The van der Waals surface area contributed by atoms with Gasteiger partial charge in [-0.25, -0.2) is 9.50 Å². The summed E-state index contributed by atoms with van der Waals surface area (Å²) in [6.45, 7) is 4.67. The summed E-state index contributed by atoms with van der Waals surface area (Å²) in [6.07, 6.45) is 6.47. The second kappa shape index (κ2) is 15.2. The number of rotatable bonds is 12. The molecule has 1 aromatic carbocycles. The monoisotopic (exact) mass is 715 g/mol. The number of hydrogen-bond donors (Lipinski definition) is 2. The van der Waals surface area contributed by atoms with E-state index in [-0.39, 0.29) is 46.1 Å². The number of methoxy groups -OCH3 is 1. The Hall–Kier alpha value is -4.38. The normalized spacial score (nSPS) is 17.6. The lowest BCUT2D eigenvalue weighted by Crippen LogP contribution is -2.51. The van der Waals surface area contributed by atoms with E-state index in [4.69, 9.17) is 21.1 Å². The van der Waals surface area contributed by atoms with Gasteiger partial charge in [0.25, 0.3) is 0 Å². The average molecular weight is 716 g/mol. The largest absolute Gasteiger partial charge is 0.469 e. The van der Waals surface area contributed by atoms with Crippen molar-refractivity contribution in [3.05, 3.63) is 59.6 Å². The number of alkyl halides is 2. The molecule has 2 aliphatic rings. The first-order chi connectivity index (χ1) is 24.0. The van der Waals surface area contributed by atoms with Crippen LogP contribution in [0, 0.1) is 5.41 Å². The molecule has 6 rings (SSSR count). The maximum Gasteiger partial charge on any atom is 0.387 e. The number of fused-ring (bicyclic) bond motifs is 1. The Kier molecular flexibility index (Phi) is 10.8. The van der Waals surface area contributed by atoms with E-state index in [1.54, 1.807) is 23.4 Å². The Balaban J connectivity index is 1.12. The minimum Gasteiger partial charge on any atom is -0.469 e. The van der Waals surface area contributed by atoms with E-state index in [2.05, 4.69) is 30.3 Å². The van der Waals surface area contributed by atoms with Crippen LogP contribution in [0.5, 0.6) is 5.75 Å². The van der Waals surface area contributed by atoms with E-state index in [9.17, 15) is 23.5 Å². The predicted octanol–water partition coefficient (Wildman–Crippen LogP) is 3.37. The third-order valence-corrected chi connectivity index (χ3v) is 9.70. The number of amides is 1. The van der Waals surface area contributed by atoms with Gasteiger partial charge in [-0.1, -0.05) is 11.6 Å². The maximum atomic E-state index is 13.5. The fourth-order valence-electron chi connectivity index (χ4n) is 6.42. The number of aliphatic hydroxyl groups excluding tert-OH is 1. The highest BCUT2D eigenvalue weighted by Crippen LogP contribution is 2.38. The molecule has 2 aliphatic heterocycles. The second-order valence-electron chi connectivity index (χ2n) is 12.8. The number of halogens is 3. The van der Waals surface area contributed by atoms with Crippen molar-refractivity contribution in [1.82, 2.24) is 39.1 Å². The quantitative estimate of drug-likeness (QED) is 0.165. The van der Waals surface area contributed by atoms with Gasteiger partial charge in [-0.2, -0.15) is 19.0 Å². The van der Waals surface area contributed by atoms with Gasteiger partial charge >= 0.3 is 12.6 Å². The molecule has 0 radical (unpaired) electrons. The van der Waals surface area contributed by atoms with Crippen molar-refractivity contribution in [2.75, 3.05) is 64.8 Å². The zero-order valence-corrected chi connectivity index (χ0v) is 28.6. The van der Waals surface area contributed by atoms with Crippen molar-refractivity contribution in [3.8, 4) is 17.0 Å². The number of aromatic nitrogens is 5. The SMILES string of the molecule is COC(=O)C1(C)CCN(CCN2CCN(C(=O)Cn3cc(NC(O)c4cnn5cccnc45)c(-c4cc(Cl)ccc4OC(F)F)n3)CC2)CC1. The number of carbonyl (C=O) groups is 2. The summed E-state index contributed by atoms with van der Waals surface area (Å²) in [5.74, 6) is -0.481. The molecule has 14 nitrogen and oxygen atoms in total. The summed E-state index contributed by atoms with van der Waals surface area (Å²) in [5.41, 5.74) is 0.900. The Labute approximate surface area is 292 Å². The molecule has 4 aromatic rings. The van der Waals surface area contributed by atoms with Crippen molar-refractivity contribution in [2.24, 2.45) is 5.41 Å². The van der Waals surface area contributed by atoms with Crippen LogP contribution in [0.4, 0.5) is 14.5 Å². The van der Waals surface area contributed by atoms with E-state index in [0.717, 1.165) is 39.0 Å². The van der Waals surface area contributed by atoms with Crippen LogP contribution in [-0.4, -0.2) is 122 Å². The van der Waals surface area contributed by atoms with Crippen LogP contribution < -0.4 is 10.1 Å². The lowest BCUT2D eigenvalue weighted by Gasteiger charge is -2.39. The first kappa shape index (κ1) is 35.4. The molecule has 0 saturated carbocycles. The summed E-state index contributed by atoms with van der Waals surface area (Å²) in [4.78, 5) is 36.3. The Morgan fingerprint density at radius 2 is 1.82 bits per heavy atom. The first-order valence-electron chi connectivity index (χ1n) is 16.4. The predicted molar refractivity (Wildman–Crippen MR) is 180 cm³/mol. The fraction of sp³-hybridized carbons (Fsp3) is 0.485. The van der Waals surface area contributed by atoms with Crippen LogP contribution >= 0.6 is 11.6 Å². The van der Waals surface area contributed by atoms with E-state index in [1.165, 1.54) is 46.9 Å². The van der Waals surface area contributed by atoms with Crippen molar-refractivity contribution >= 4 is 34.8 Å². The van der Waals surface area contributed by atoms with Gasteiger partial charge < -0.3 is 29.7 Å². The summed E-state index contributed by atoms with van der Waals surface area (Å²) in [6, 6.07) is 5.87. The number of aliphatic hydroxyl groups is 1. The van der Waals surface area contributed by atoms with Crippen molar-refractivity contribution < 1.29 is 33.0 Å². The number of ether oxygens (including phenoxy) is 2. The zero-order chi connectivity index (χ0) is 35.4. The van der Waals surface area contributed by atoms with Gasteiger partial charge in [0.1, 0.15) is 18.0 Å². The summed E-state index contributed by atoms with van der Waals surface area (Å²) in [5, 5.41) is 23.2. The van der Waals surface area contributed by atoms with Crippen LogP contribution in [0.15, 0.2) is 49.1 Å². The van der Waals surface area contributed by atoms with Gasteiger partial charge in [0.15, 0.2) is 11.9 Å². The number of esters is 1. The third kappa shape index (κ3) is 7.98. The first-order valence-corrected chi connectivity index (χ1v) is 16.8. The lowest BCUT2D eigenvalue weighted by atomic mass is 9.80. The molecular formula is C33H40ClF2N9O5. The molecule has 17 heteroatoms. The maximum absolute atomic E-state index is 13.5. The van der Waals surface area contributed by atoms with Crippen LogP contribution in [-0.2, 0) is 20.9 Å². The highest BCUT2D eigenvalue weighted by Gasteiger charge is 2.38. The topological polar surface area (TPSA) is 143 Å². The number of anilines is 1. The molecule has 1 amide bonds. The molecule has 50 heavy (non-hydrogen) atoms. The minimum atomic E-state index is -3.11. The summed E-state index contributed by atoms with van der Waals surface area (Å²) >= 11 is 6.26. The summed E-state index contributed by atoms with van der Waals surface area (Å²) in [7, 11) is 1.44. The van der Waals surface area contributed by atoms with Crippen LogP contribution in [0.3, 0.4) is 0 Å². The van der Waals surface area contributed by atoms with Gasteiger partial charge in [-0.05, 0) is 57.1 Å². The molecule has 3 aromatic heterocycles. The number of nitrogens with one attached hydrogen (secondary N) is 1.